The summed E-state index contributed by atoms with van der Waals surface area (Å²) < 4.78 is 16.2. The number of carbonyl (C=O) groups excluding carboxylic acids is 3. The zero-order chi connectivity index (χ0) is 30.5. The SMILES string of the molecule is C=CC[N+](CCC[C@H](NC(=O)OC(C)(C)C)C(=O)O)(CCNC(=O)OC(C)(C)C)CCNC(=O)OC(C)(C)C. The first-order chi connectivity index (χ1) is 17.7. The molecule has 0 aromatic carbocycles. The van der Waals surface area contributed by atoms with Gasteiger partial charge in [-0.15, -0.1) is 0 Å². The lowest BCUT2D eigenvalue weighted by molar-refractivity contribution is -0.920. The molecule has 1 atom stereocenters. The van der Waals surface area contributed by atoms with Crippen molar-refractivity contribution in [2.24, 2.45) is 0 Å². The molecule has 0 aliphatic carbocycles. The Morgan fingerprint density at radius 1 is 0.769 bits per heavy atom. The first-order valence-electron chi connectivity index (χ1n) is 13.3. The average Bonchev–Trinajstić information content (AvgIpc) is 2.69. The van der Waals surface area contributed by atoms with Gasteiger partial charge in [-0.05, 0) is 81.2 Å². The molecule has 0 radical (unpaired) electrons. The molecule has 12 heteroatoms. The molecule has 0 spiro atoms. The average molecular weight is 560 g/mol. The largest absolute Gasteiger partial charge is 0.480 e. The number of aliphatic carboxylic acids is 1. The highest BCUT2D eigenvalue weighted by atomic mass is 16.6. The maximum atomic E-state index is 12.2. The quantitative estimate of drug-likeness (QED) is 0.142. The van der Waals surface area contributed by atoms with E-state index in [1.54, 1.807) is 68.4 Å². The van der Waals surface area contributed by atoms with E-state index >= 15 is 0 Å². The van der Waals surface area contributed by atoms with E-state index in [-0.39, 0.29) is 19.5 Å². The third-order valence-electron chi connectivity index (χ3n) is 5.14. The minimum absolute atomic E-state index is 0.157. The van der Waals surface area contributed by atoms with Gasteiger partial charge in [0.15, 0.2) is 0 Å². The van der Waals surface area contributed by atoms with Crippen LogP contribution in [0.2, 0.25) is 0 Å². The molecule has 226 valence electrons. The summed E-state index contributed by atoms with van der Waals surface area (Å²) in [4.78, 5) is 48.3. The Morgan fingerprint density at radius 3 is 1.54 bits per heavy atom. The molecule has 0 fully saturated rings. The van der Waals surface area contributed by atoms with Crippen molar-refractivity contribution < 1.29 is 43.0 Å². The maximum absolute atomic E-state index is 12.2. The number of carboxylic acids is 1. The molecule has 0 heterocycles. The predicted molar refractivity (Wildman–Crippen MR) is 148 cm³/mol. The molecule has 4 N–H and O–H groups in total. The Labute approximate surface area is 233 Å². The molecule has 0 rings (SSSR count). The van der Waals surface area contributed by atoms with Gasteiger partial charge in [-0.1, -0.05) is 6.58 Å². The summed E-state index contributed by atoms with van der Waals surface area (Å²) in [5, 5.41) is 17.6. The lowest BCUT2D eigenvalue weighted by Crippen LogP contribution is -2.56. The van der Waals surface area contributed by atoms with Crippen LogP contribution in [0.5, 0.6) is 0 Å². The summed E-state index contributed by atoms with van der Waals surface area (Å²) >= 11 is 0. The lowest BCUT2D eigenvalue weighted by atomic mass is 10.1. The monoisotopic (exact) mass is 559 g/mol. The molecule has 0 unspecified atom stereocenters. The van der Waals surface area contributed by atoms with Gasteiger partial charge in [-0.25, -0.2) is 19.2 Å². The van der Waals surface area contributed by atoms with Crippen molar-refractivity contribution in [1.29, 1.82) is 0 Å². The van der Waals surface area contributed by atoms with Gasteiger partial charge in [-0.3, -0.25) is 0 Å². The molecule has 0 aliphatic rings. The van der Waals surface area contributed by atoms with E-state index in [1.165, 1.54) is 0 Å². The van der Waals surface area contributed by atoms with Gasteiger partial charge in [0.1, 0.15) is 22.8 Å². The van der Waals surface area contributed by atoms with Crippen molar-refractivity contribution in [1.82, 2.24) is 16.0 Å². The summed E-state index contributed by atoms with van der Waals surface area (Å²) in [5.41, 5.74) is -2.03. The third kappa shape index (κ3) is 18.8. The third-order valence-corrected chi connectivity index (χ3v) is 5.14. The van der Waals surface area contributed by atoms with Crippen molar-refractivity contribution in [3.63, 3.8) is 0 Å². The smallest absolute Gasteiger partial charge is 0.408 e. The molecule has 0 saturated heterocycles. The number of ether oxygens (including phenoxy) is 3. The normalized spacial score (nSPS) is 13.1. The second kappa shape index (κ2) is 15.5. The van der Waals surface area contributed by atoms with Gasteiger partial charge in [0.2, 0.25) is 0 Å². The molecule has 0 bridgehead atoms. The van der Waals surface area contributed by atoms with Crippen molar-refractivity contribution >= 4 is 24.2 Å². The number of nitrogens with one attached hydrogen (secondary N) is 3. The second-order valence-corrected chi connectivity index (χ2v) is 12.5. The summed E-state index contributed by atoms with van der Waals surface area (Å²) in [7, 11) is 0. The minimum Gasteiger partial charge on any atom is -0.480 e. The standard InChI is InChI=1S/C27H50N4O8/c1-11-16-31(18-14-28-22(34)37-25(2,3)4,19-15-29-23(35)38-26(5,6)7)17-12-13-20(21(32)33)30-24(36)39-27(8,9)10/h11,20H,1,12-19H2,2-10H3,(H3-,28,29,30,32,33,34,35,36)/p+1/t20-/m0/s1. The summed E-state index contributed by atoms with van der Waals surface area (Å²) in [5.74, 6) is -1.17. The van der Waals surface area contributed by atoms with Crippen LogP contribution < -0.4 is 16.0 Å². The number of alkyl carbamates (subject to hydrolysis) is 3. The highest BCUT2D eigenvalue weighted by Gasteiger charge is 2.29. The van der Waals surface area contributed by atoms with Crippen LogP contribution >= 0.6 is 0 Å². The molecule has 3 amide bonds. The first-order valence-corrected chi connectivity index (χ1v) is 13.3. The van der Waals surface area contributed by atoms with E-state index in [4.69, 9.17) is 14.2 Å². The molecule has 39 heavy (non-hydrogen) atoms. The first kappa shape index (κ1) is 36.0. The molecule has 0 aromatic rings. The van der Waals surface area contributed by atoms with Gasteiger partial charge in [0, 0.05) is 0 Å². The van der Waals surface area contributed by atoms with E-state index in [0.29, 0.717) is 37.1 Å². The summed E-state index contributed by atoms with van der Waals surface area (Å²) in [6.07, 6.45) is 0.445. The van der Waals surface area contributed by atoms with E-state index in [0.717, 1.165) is 0 Å². The van der Waals surface area contributed by atoms with Crippen molar-refractivity contribution in [2.45, 2.75) is 98.0 Å². The van der Waals surface area contributed by atoms with Crippen molar-refractivity contribution in [2.75, 3.05) is 39.3 Å². The molecule has 0 aromatic heterocycles. The minimum atomic E-state index is -1.17. The van der Waals surface area contributed by atoms with Crippen LogP contribution in [-0.4, -0.2) is 96.0 Å². The number of amides is 3. The highest BCUT2D eigenvalue weighted by molar-refractivity contribution is 5.79. The van der Waals surface area contributed by atoms with Crippen LogP contribution in [0, 0.1) is 0 Å². The van der Waals surface area contributed by atoms with Gasteiger partial charge in [0.05, 0.1) is 39.3 Å². The van der Waals surface area contributed by atoms with Gasteiger partial charge in [-0.2, -0.15) is 0 Å². The van der Waals surface area contributed by atoms with E-state index in [2.05, 4.69) is 22.5 Å². The van der Waals surface area contributed by atoms with Crippen LogP contribution in [0.1, 0.15) is 75.2 Å². The Hall–Kier alpha value is -3.02. The molecular formula is C27H51N4O8+. The van der Waals surface area contributed by atoms with Gasteiger partial charge in [0.25, 0.3) is 0 Å². The number of carboxylic acid groups (broad SMARTS) is 1. The van der Waals surface area contributed by atoms with Crippen LogP contribution in [-0.2, 0) is 19.0 Å². The lowest BCUT2D eigenvalue weighted by Gasteiger charge is -2.38. The van der Waals surface area contributed by atoms with Crippen LogP contribution in [0.4, 0.5) is 14.4 Å². The molecule has 0 aliphatic heterocycles. The van der Waals surface area contributed by atoms with Gasteiger partial charge >= 0.3 is 24.2 Å². The fraction of sp³-hybridized carbons (Fsp3) is 0.778. The number of hydrogen-bond acceptors (Lipinski definition) is 7. The Bertz CT molecular complexity index is 791. The molecule has 12 nitrogen and oxygen atoms in total. The Balaban J connectivity index is 5.45. The topological polar surface area (TPSA) is 152 Å². The second-order valence-electron chi connectivity index (χ2n) is 12.5. The highest BCUT2D eigenvalue weighted by Crippen LogP contribution is 2.13. The van der Waals surface area contributed by atoms with Crippen molar-refractivity contribution in [3.05, 3.63) is 12.7 Å². The number of carbonyl (C=O) groups is 4. The fourth-order valence-corrected chi connectivity index (χ4v) is 3.64. The van der Waals surface area contributed by atoms with E-state index in [9.17, 15) is 24.3 Å². The Morgan fingerprint density at radius 2 is 1.18 bits per heavy atom. The summed E-state index contributed by atoms with van der Waals surface area (Å²) in [6.45, 7) is 22.1. The summed E-state index contributed by atoms with van der Waals surface area (Å²) in [6, 6.07) is -1.13. The van der Waals surface area contributed by atoms with E-state index < -0.39 is 47.1 Å². The van der Waals surface area contributed by atoms with E-state index in [1.807, 2.05) is 0 Å². The fourth-order valence-electron chi connectivity index (χ4n) is 3.64. The zero-order valence-corrected chi connectivity index (χ0v) is 25.3. The van der Waals surface area contributed by atoms with Gasteiger partial charge < -0.3 is 39.8 Å². The van der Waals surface area contributed by atoms with Crippen LogP contribution in [0.15, 0.2) is 12.7 Å². The number of nitrogens with zero attached hydrogens (tertiary/aromatic N) is 1. The zero-order valence-electron chi connectivity index (χ0n) is 25.3. The number of rotatable bonds is 14. The molecule has 0 saturated carbocycles. The molecular weight excluding hydrogens is 508 g/mol. The van der Waals surface area contributed by atoms with Crippen LogP contribution in [0.3, 0.4) is 0 Å². The predicted octanol–water partition coefficient (Wildman–Crippen LogP) is 3.80. The Kier molecular flexibility index (Phi) is 14.3. The van der Waals surface area contributed by atoms with Crippen LogP contribution in [0.25, 0.3) is 0 Å². The number of hydrogen-bond donors (Lipinski definition) is 4. The maximum Gasteiger partial charge on any atom is 0.408 e. The number of quaternary nitrogens is 1. The van der Waals surface area contributed by atoms with Crippen molar-refractivity contribution in [3.8, 4) is 0 Å².